The third kappa shape index (κ3) is 2.97. The van der Waals surface area contributed by atoms with Crippen molar-refractivity contribution in [3.05, 3.63) is 52.6 Å². The van der Waals surface area contributed by atoms with Gasteiger partial charge in [-0.15, -0.1) is 0 Å². The van der Waals surface area contributed by atoms with Gasteiger partial charge in [0.25, 0.3) is 0 Å². The van der Waals surface area contributed by atoms with Crippen LogP contribution in [0.2, 0.25) is 5.02 Å². The summed E-state index contributed by atoms with van der Waals surface area (Å²) in [5.74, 6) is -1.33. The number of aromatic nitrogens is 3. The van der Waals surface area contributed by atoms with Gasteiger partial charge in [0.15, 0.2) is 0 Å². The number of hydrogen-bond acceptors (Lipinski definition) is 3. The van der Waals surface area contributed by atoms with E-state index in [0.29, 0.717) is 34.8 Å². The van der Waals surface area contributed by atoms with E-state index in [9.17, 15) is 9.18 Å². The van der Waals surface area contributed by atoms with Gasteiger partial charge in [0.1, 0.15) is 17.0 Å². The van der Waals surface area contributed by atoms with Gasteiger partial charge in [0.05, 0.1) is 21.9 Å². The molecule has 3 rings (SSSR count). The van der Waals surface area contributed by atoms with Crippen molar-refractivity contribution in [2.24, 2.45) is 5.92 Å². The maximum atomic E-state index is 13.8. The Morgan fingerprint density at radius 2 is 2.08 bits per heavy atom. The Hall–Kier alpha value is -2.47. The molecule has 5 nitrogen and oxygen atoms in total. The fourth-order valence-electron chi connectivity index (χ4n) is 2.51. The number of hydrogen-bond donors (Lipinski definition) is 1. The van der Waals surface area contributed by atoms with Crippen molar-refractivity contribution < 1.29 is 14.3 Å². The van der Waals surface area contributed by atoms with Crippen LogP contribution >= 0.6 is 11.6 Å². The monoisotopic (exact) mass is 347 g/mol. The average molecular weight is 348 g/mol. The zero-order valence-electron chi connectivity index (χ0n) is 13.1. The van der Waals surface area contributed by atoms with Crippen molar-refractivity contribution in [3.63, 3.8) is 0 Å². The molecule has 0 aliphatic carbocycles. The predicted molar refractivity (Wildman–Crippen MR) is 89.3 cm³/mol. The van der Waals surface area contributed by atoms with E-state index >= 15 is 0 Å². The van der Waals surface area contributed by atoms with Gasteiger partial charge in [-0.2, -0.15) is 5.10 Å². The second-order valence-corrected chi connectivity index (χ2v) is 6.33. The van der Waals surface area contributed by atoms with Gasteiger partial charge in [-0.25, -0.2) is 18.9 Å². The number of carboxylic acids is 1. The highest BCUT2D eigenvalue weighted by atomic mass is 35.5. The second-order valence-electron chi connectivity index (χ2n) is 5.92. The summed E-state index contributed by atoms with van der Waals surface area (Å²) < 4.78 is 15.3. The fraction of sp³-hybridized carbons (Fsp3) is 0.235. The molecule has 0 aliphatic heterocycles. The van der Waals surface area contributed by atoms with Crippen LogP contribution in [0.1, 0.15) is 30.0 Å². The molecule has 7 heteroatoms. The molecule has 0 spiro atoms. The zero-order valence-corrected chi connectivity index (χ0v) is 13.9. The van der Waals surface area contributed by atoms with E-state index in [4.69, 9.17) is 16.7 Å². The van der Waals surface area contributed by atoms with Gasteiger partial charge in [-0.3, -0.25) is 0 Å². The van der Waals surface area contributed by atoms with E-state index in [1.54, 1.807) is 16.8 Å². The molecule has 0 aliphatic rings. The molecule has 3 aromatic rings. The molecular weight excluding hydrogens is 333 g/mol. The summed E-state index contributed by atoms with van der Waals surface area (Å²) in [4.78, 5) is 15.4. The Kier molecular flexibility index (Phi) is 4.24. The van der Waals surface area contributed by atoms with Crippen LogP contribution in [0.3, 0.4) is 0 Å². The second kappa shape index (κ2) is 6.20. The van der Waals surface area contributed by atoms with Crippen molar-refractivity contribution in [3.8, 4) is 5.69 Å². The minimum absolute atomic E-state index is 0.0314. The first-order valence-electron chi connectivity index (χ1n) is 7.44. The summed E-state index contributed by atoms with van der Waals surface area (Å²) in [7, 11) is 0. The first-order chi connectivity index (χ1) is 11.4. The van der Waals surface area contributed by atoms with E-state index in [1.165, 1.54) is 18.2 Å². The Balaban J connectivity index is 2.24. The van der Waals surface area contributed by atoms with Crippen molar-refractivity contribution >= 4 is 28.6 Å². The van der Waals surface area contributed by atoms with Crippen molar-refractivity contribution in [1.29, 1.82) is 0 Å². The lowest BCUT2D eigenvalue weighted by Crippen LogP contribution is -2.01. The molecule has 24 heavy (non-hydrogen) atoms. The lowest BCUT2D eigenvalue weighted by atomic mass is 10.1. The number of halogens is 2. The van der Waals surface area contributed by atoms with Crippen molar-refractivity contribution in [1.82, 2.24) is 14.8 Å². The molecule has 1 aromatic carbocycles. The van der Waals surface area contributed by atoms with Crippen LogP contribution in [0.15, 0.2) is 30.3 Å². The van der Waals surface area contributed by atoms with Crippen LogP contribution in [0.4, 0.5) is 4.39 Å². The molecule has 0 radical (unpaired) electrons. The van der Waals surface area contributed by atoms with Crippen molar-refractivity contribution in [2.45, 2.75) is 20.3 Å². The van der Waals surface area contributed by atoms with Crippen LogP contribution < -0.4 is 0 Å². The smallest absolute Gasteiger partial charge is 0.354 e. The van der Waals surface area contributed by atoms with E-state index < -0.39 is 11.8 Å². The van der Waals surface area contributed by atoms with Crippen molar-refractivity contribution in [2.75, 3.05) is 0 Å². The van der Waals surface area contributed by atoms with Crippen LogP contribution in [0.25, 0.3) is 16.7 Å². The molecule has 0 bridgehead atoms. The highest BCUT2D eigenvalue weighted by Crippen LogP contribution is 2.25. The maximum Gasteiger partial charge on any atom is 0.354 e. The number of carboxylic acid groups (broad SMARTS) is 1. The van der Waals surface area contributed by atoms with E-state index in [1.807, 2.05) is 13.8 Å². The molecule has 0 saturated carbocycles. The summed E-state index contributed by atoms with van der Waals surface area (Å²) in [5.41, 5.74) is 2.27. The van der Waals surface area contributed by atoms with Gasteiger partial charge in [0, 0.05) is 6.07 Å². The Morgan fingerprint density at radius 1 is 1.33 bits per heavy atom. The fourth-order valence-corrected chi connectivity index (χ4v) is 2.63. The molecule has 1 N–H and O–H groups in total. The first-order valence-corrected chi connectivity index (χ1v) is 7.82. The first kappa shape index (κ1) is 16.4. The largest absolute Gasteiger partial charge is 0.477 e. The molecule has 124 valence electrons. The summed E-state index contributed by atoms with van der Waals surface area (Å²) in [6.45, 7) is 4.07. The minimum atomic E-state index is -1.10. The van der Waals surface area contributed by atoms with Gasteiger partial charge in [0.2, 0.25) is 0 Å². The normalized spacial score (nSPS) is 11.4. The SMILES string of the molecule is CC(C)Cc1nn(-c2ccc(Cl)c(F)c2)c2ccc(C(=O)O)nc12. The Bertz CT molecular complexity index is 937. The molecule has 0 fully saturated rings. The third-order valence-electron chi connectivity index (χ3n) is 3.56. The van der Waals surface area contributed by atoms with Crippen LogP contribution in [-0.2, 0) is 6.42 Å². The number of aromatic carboxylic acids is 1. The lowest BCUT2D eigenvalue weighted by Gasteiger charge is -2.04. The van der Waals surface area contributed by atoms with Gasteiger partial charge in [-0.05, 0) is 36.6 Å². The topological polar surface area (TPSA) is 68.0 Å². The number of nitrogens with zero attached hydrogens (tertiary/aromatic N) is 3. The molecule has 2 aromatic heterocycles. The lowest BCUT2D eigenvalue weighted by molar-refractivity contribution is 0.0691. The van der Waals surface area contributed by atoms with Gasteiger partial charge < -0.3 is 5.11 Å². The third-order valence-corrected chi connectivity index (χ3v) is 3.87. The summed E-state index contributed by atoms with van der Waals surface area (Å²) in [6, 6.07) is 7.45. The molecule has 0 unspecified atom stereocenters. The number of benzene rings is 1. The molecule has 2 heterocycles. The molecular formula is C17H15ClFN3O2. The predicted octanol–water partition coefficient (Wildman–Crippen LogP) is 4.11. The summed E-state index contributed by atoms with van der Waals surface area (Å²) >= 11 is 5.73. The number of fused-ring (bicyclic) bond motifs is 1. The summed E-state index contributed by atoms with van der Waals surface area (Å²) in [5, 5.41) is 13.7. The molecule has 0 atom stereocenters. The maximum absolute atomic E-state index is 13.8. The van der Waals surface area contributed by atoms with Crippen LogP contribution in [-0.4, -0.2) is 25.8 Å². The van der Waals surface area contributed by atoms with E-state index in [-0.39, 0.29) is 10.7 Å². The Morgan fingerprint density at radius 3 is 2.71 bits per heavy atom. The van der Waals surface area contributed by atoms with Crippen LogP contribution in [0, 0.1) is 11.7 Å². The zero-order chi connectivity index (χ0) is 17.4. The average Bonchev–Trinajstić information content (AvgIpc) is 2.87. The van der Waals surface area contributed by atoms with E-state index in [0.717, 1.165) is 0 Å². The van der Waals surface area contributed by atoms with E-state index in [2.05, 4.69) is 10.1 Å². The van der Waals surface area contributed by atoms with Gasteiger partial charge in [-0.1, -0.05) is 25.4 Å². The minimum Gasteiger partial charge on any atom is -0.477 e. The quantitative estimate of drug-likeness (QED) is 0.771. The number of carbonyl (C=O) groups is 1. The standard InChI is InChI=1S/C17H15ClFN3O2/c1-9(2)7-14-16-15(6-5-13(20-16)17(23)24)22(21-14)10-3-4-11(18)12(19)8-10/h3-6,8-9H,7H2,1-2H3,(H,23,24). The Labute approximate surface area is 142 Å². The molecule has 0 amide bonds. The van der Waals surface area contributed by atoms with Crippen LogP contribution in [0.5, 0.6) is 0 Å². The number of pyridine rings is 1. The highest BCUT2D eigenvalue weighted by Gasteiger charge is 2.17. The van der Waals surface area contributed by atoms with Gasteiger partial charge >= 0.3 is 5.97 Å². The number of rotatable bonds is 4. The highest BCUT2D eigenvalue weighted by molar-refractivity contribution is 6.30. The molecule has 0 saturated heterocycles. The summed E-state index contributed by atoms with van der Waals surface area (Å²) in [6.07, 6.45) is 0.635.